The summed E-state index contributed by atoms with van der Waals surface area (Å²) in [6, 6.07) is 15.0. The van der Waals surface area contributed by atoms with Gasteiger partial charge in [0.1, 0.15) is 0 Å². The second kappa shape index (κ2) is 10.5. The van der Waals surface area contributed by atoms with Gasteiger partial charge in [-0.05, 0) is 25.8 Å². The van der Waals surface area contributed by atoms with Crippen LogP contribution in [0.5, 0.6) is 0 Å². The predicted octanol–water partition coefficient (Wildman–Crippen LogP) is 2.88. The minimum atomic E-state index is -0.727. The van der Waals surface area contributed by atoms with E-state index in [2.05, 4.69) is 0 Å². The first-order valence-electron chi connectivity index (χ1n) is 10.3. The van der Waals surface area contributed by atoms with E-state index in [4.69, 9.17) is 9.47 Å². The third-order valence-electron chi connectivity index (χ3n) is 5.22. The molecule has 3 rings (SSSR count). The number of esters is 2. The van der Waals surface area contributed by atoms with Gasteiger partial charge in [-0.3, -0.25) is 14.4 Å². The molecule has 2 aromatic carbocycles. The summed E-state index contributed by atoms with van der Waals surface area (Å²) in [5.74, 6) is -1.79. The van der Waals surface area contributed by atoms with Gasteiger partial charge in [0.25, 0.3) is 5.91 Å². The highest BCUT2D eigenvalue weighted by Gasteiger charge is 2.29. The maximum atomic E-state index is 12.8. The topological polar surface area (TPSA) is 90.0 Å². The van der Waals surface area contributed by atoms with Crippen LogP contribution in [0.1, 0.15) is 46.0 Å². The highest BCUT2D eigenvalue weighted by molar-refractivity contribution is 6.14. The van der Waals surface area contributed by atoms with Crippen molar-refractivity contribution < 1.29 is 28.7 Å². The normalized spacial score (nSPS) is 14.0. The van der Waals surface area contributed by atoms with Crippen LogP contribution in [0.2, 0.25) is 0 Å². The van der Waals surface area contributed by atoms with Crippen molar-refractivity contribution in [1.82, 2.24) is 4.90 Å². The monoisotopic (exact) mass is 423 g/mol. The zero-order valence-electron chi connectivity index (χ0n) is 17.4. The van der Waals surface area contributed by atoms with E-state index >= 15 is 0 Å². The van der Waals surface area contributed by atoms with Crippen LogP contribution in [-0.4, -0.2) is 54.8 Å². The van der Waals surface area contributed by atoms with Crippen LogP contribution >= 0.6 is 0 Å². The molecule has 0 aromatic heterocycles. The second-order valence-electron chi connectivity index (χ2n) is 7.22. The number of likely N-dealkylation sites (tertiary alicyclic amines) is 1. The van der Waals surface area contributed by atoms with Crippen LogP contribution in [0.15, 0.2) is 54.6 Å². The second-order valence-corrected chi connectivity index (χ2v) is 7.22. The molecule has 0 saturated carbocycles. The van der Waals surface area contributed by atoms with E-state index in [-0.39, 0.29) is 34.7 Å². The number of amides is 1. The lowest BCUT2D eigenvalue weighted by molar-refractivity contribution is -0.151. The molecule has 0 unspecified atom stereocenters. The van der Waals surface area contributed by atoms with Crippen molar-refractivity contribution in [1.29, 1.82) is 0 Å². The van der Waals surface area contributed by atoms with Crippen molar-refractivity contribution in [2.75, 3.05) is 26.3 Å². The molecule has 0 N–H and O–H groups in total. The van der Waals surface area contributed by atoms with Crippen LogP contribution in [0.25, 0.3) is 0 Å². The highest BCUT2D eigenvalue weighted by atomic mass is 16.5. The van der Waals surface area contributed by atoms with Crippen LogP contribution in [0, 0.1) is 5.92 Å². The maximum absolute atomic E-state index is 12.8. The number of ether oxygens (including phenoxy) is 2. The first-order chi connectivity index (χ1) is 15.0. The first-order valence-corrected chi connectivity index (χ1v) is 10.3. The van der Waals surface area contributed by atoms with Gasteiger partial charge in [0.05, 0.1) is 18.1 Å². The van der Waals surface area contributed by atoms with Gasteiger partial charge in [0.15, 0.2) is 12.4 Å². The zero-order chi connectivity index (χ0) is 22.2. The number of carbonyl (C=O) groups excluding carboxylic acids is 4. The lowest BCUT2D eigenvalue weighted by Crippen LogP contribution is -2.42. The number of nitrogens with zero attached hydrogens (tertiary/aromatic N) is 1. The Kier molecular flexibility index (Phi) is 7.54. The van der Waals surface area contributed by atoms with Crippen molar-refractivity contribution in [3.8, 4) is 0 Å². The number of benzene rings is 2. The molecular formula is C24H25NO6. The van der Waals surface area contributed by atoms with Gasteiger partial charge in [-0.25, -0.2) is 4.79 Å². The molecule has 0 aliphatic carbocycles. The molecule has 7 heteroatoms. The standard InChI is InChI=1S/C24H25NO6/c1-2-30-23(28)18-12-14-25(15-13-18)21(26)16-31-24(29)20-11-7-6-10-19(20)22(27)17-8-4-3-5-9-17/h3-11,18H,2,12-16H2,1H3. The maximum Gasteiger partial charge on any atom is 0.339 e. The average molecular weight is 423 g/mol. The lowest BCUT2D eigenvalue weighted by Gasteiger charge is -2.30. The van der Waals surface area contributed by atoms with Crippen molar-refractivity contribution >= 4 is 23.6 Å². The van der Waals surface area contributed by atoms with Gasteiger partial charge >= 0.3 is 11.9 Å². The van der Waals surface area contributed by atoms with Crippen molar-refractivity contribution in [2.24, 2.45) is 5.92 Å². The van der Waals surface area contributed by atoms with Gasteiger partial charge < -0.3 is 14.4 Å². The van der Waals surface area contributed by atoms with E-state index in [1.807, 2.05) is 0 Å². The summed E-state index contributed by atoms with van der Waals surface area (Å²) in [6.45, 7) is 2.49. The fraction of sp³-hybridized carbons (Fsp3) is 0.333. The number of hydrogen-bond donors (Lipinski definition) is 0. The summed E-state index contributed by atoms with van der Waals surface area (Å²) >= 11 is 0. The largest absolute Gasteiger partial charge is 0.466 e. The zero-order valence-corrected chi connectivity index (χ0v) is 17.4. The third kappa shape index (κ3) is 5.57. The minimum absolute atomic E-state index is 0.116. The summed E-state index contributed by atoms with van der Waals surface area (Å²) in [7, 11) is 0. The predicted molar refractivity (Wildman–Crippen MR) is 113 cm³/mol. The molecule has 1 saturated heterocycles. The molecular weight excluding hydrogens is 398 g/mol. The minimum Gasteiger partial charge on any atom is -0.466 e. The molecule has 1 aliphatic heterocycles. The highest BCUT2D eigenvalue weighted by Crippen LogP contribution is 2.19. The lowest BCUT2D eigenvalue weighted by atomic mass is 9.97. The van der Waals surface area contributed by atoms with E-state index in [9.17, 15) is 19.2 Å². The van der Waals surface area contributed by atoms with Crippen LogP contribution < -0.4 is 0 Å². The van der Waals surface area contributed by atoms with E-state index in [0.29, 0.717) is 38.1 Å². The third-order valence-corrected chi connectivity index (χ3v) is 5.22. The number of hydrogen-bond acceptors (Lipinski definition) is 6. The molecule has 1 amide bonds. The van der Waals surface area contributed by atoms with Crippen LogP contribution in [0.4, 0.5) is 0 Å². The fourth-order valence-electron chi connectivity index (χ4n) is 3.53. The van der Waals surface area contributed by atoms with Crippen molar-refractivity contribution in [2.45, 2.75) is 19.8 Å². The summed E-state index contributed by atoms with van der Waals surface area (Å²) in [6.07, 6.45) is 1.04. The molecule has 1 aliphatic rings. The molecule has 31 heavy (non-hydrogen) atoms. The Labute approximate surface area is 180 Å². The van der Waals surface area contributed by atoms with Gasteiger partial charge in [-0.2, -0.15) is 0 Å². The summed E-state index contributed by atoms with van der Waals surface area (Å²) in [5.41, 5.74) is 0.801. The average Bonchev–Trinajstić information content (AvgIpc) is 2.82. The van der Waals surface area contributed by atoms with Gasteiger partial charge in [0, 0.05) is 24.2 Å². The van der Waals surface area contributed by atoms with E-state index in [1.165, 1.54) is 6.07 Å². The van der Waals surface area contributed by atoms with Crippen LogP contribution in [0.3, 0.4) is 0 Å². The van der Waals surface area contributed by atoms with E-state index in [1.54, 1.807) is 60.4 Å². The Hall–Kier alpha value is -3.48. The Morgan fingerprint density at radius 2 is 1.48 bits per heavy atom. The summed E-state index contributed by atoms with van der Waals surface area (Å²) in [5, 5.41) is 0. The summed E-state index contributed by atoms with van der Waals surface area (Å²) in [4.78, 5) is 51.2. The van der Waals surface area contributed by atoms with Gasteiger partial charge in [-0.15, -0.1) is 0 Å². The van der Waals surface area contributed by atoms with Crippen molar-refractivity contribution in [3.63, 3.8) is 0 Å². The van der Waals surface area contributed by atoms with Gasteiger partial charge in [0.2, 0.25) is 0 Å². The molecule has 0 bridgehead atoms. The van der Waals surface area contributed by atoms with Crippen molar-refractivity contribution in [3.05, 3.63) is 71.3 Å². The van der Waals surface area contributed by atoms with Gasteiger partial charge in [-0.1, -0.05) is 48.5 Å². The SMILES string of the molecule is CCOC(=O)C1CCN(C(=O)COC(=O)c2ccccc2C(=O)c2ccccc2)CC1. The Morgan fingerprint density at radius 1 is 0.871 bits per heavy atom. The Morgan fingerprint density at radius 3 is 2.13 bits per heavy atom. The molecule has 0 radical (unpaired) electrons. The Balaban J connectivity index is 1.58. The number of carbonyl (C=O) groups is 4. The smallest absolute Gasteiger partial charge is 0.339 e. The summed E-state index contributed by atoms with van der Waals surface area (Å²) < 4.78 is 10.2. The molecule has 1 fully saturated rings. The molecule has 7 nitrogen and oxygen atoms in total. The van der Waals surface area contributed by atoms with E-state index < -0.39 is 12.6 Å². The quantitative estimate of drug-likeness (QED) is 0.503. The number of piperidine rings is 1. The Bertz CT molecular complexity index is 948. The molecule has 0 atom stereocenters. The molecule has 0 spiro atoms. The first kappa shape index (κ1) is 22.2. The molecule has 162 valence electrons. The van der Waals surface area contributed by atoms with E-state index in [0.717, 1.165) is 0 Å². The fourth-order valence-corrected chi connectivity index (χ4v) is 3.53. The number of ketones is 1. The molecule has 2 aromatic rings. The van der Waals surface area contributed by atoms with Crippen LogP contribution in [-0.2, 0) is 19.1 Å². The molecule has 1 heterocycles. The number of rotatable bonds is 7.